The molecule has 4 heteroatoms. The van der Waals surface area contributed by atoms with Gasteiger partial charge in [0, 0.05) is 17.0 Å². The van der Waals surface area contributed by atoms with Gasteiger partial charge in [0.25, 0.3) is 0 Å². The lowest BCUT2D eigenvalue weighted by Crippen LogP contribution is -2.05. The fourth-order valence-corrected chi connectivity index (χ4v) is 1.69. The Balaban J connectivity index is 2.79. The number of rotatable bonds is 2. The van der Waals surface area contributed by atoms with Gasteiger partial charge in [-0.2, -0.15) is 0 Å². The van der Waals surface area contributed by atoms with Crippen molar-refractivity contribution in [3.8, 4) is 5.75 Å². The number of hydrogen-bond donors (Lipinski definition) is 2. The number of aromatic hydroxyl groups is 1. The van der Waals surface area contributed by atoms with Crippen LogP contribution in [0.3, 0.4) is 0 Å². The average Bonchev–Trinajstić information content (AvgIpc) is 2.30. The van der Waals surface area contributed by atoms with Crippen molar-refractivity contribution in [3.63, 3.8) is 0 Å². The summed E-state index contributed by atoms with van der Waals surface area (Å²) in [6, 6.07) is 5.80. The Kier molecular flexibility index (Phi) is 2.78. The minimum atomic E-state index is -0.316. The van der Waals surface area contributed by atoms with E-state index >= 15 is 0 Å². The molecule has 2 N–H and O–H groups in total. The molecule has 1 aromatic heterocycles. The summed E-state index contributed by atoms with van der Waals surface area (Å²) < 4.78 is 0. The van der Waals surface area contributed by atoms with Gasteiger partial charge in [-0.25, -0.2) is 0 Å². The topological polar surface area (TPSA) is 70.2 Å². The van der Waals surface area contributed by atoms with Crippen LogP contribution in [0.5, 0.6) is 5.75 Å². The average molecular weight is 229 g/mol. The zero-order valence-corrected chi connectivity index (χ0v) is 9.23. The summed E-state index contributed by atoms with van der Waals surface area (Å²) in [4.78, 5) is 25.5. The van der Waals surface area contributed by atoms with Crippen LogP contribution in [0.1, 0.15) is 17.3 Å². The maximum Gasteiger partial charge on any atom is 0.248 e. The molecule has 0 aliphatic rings. The Labute approximate surface area is 97.2 Å². The van der Waals surface area contributed by atoms with E-state index in [1.807, 2.05) is 0 Å². The summed E-state index contributed by atoms with van der Waals surface area (Å²) in [5, 5.41) is 10.2. The van der Waals surface area contributed by atoms with Crippen LogP contribution in [0.4, 0.5) is 0 Å². The van der Waals surface area contributed by atoms with Gasteiger partial charge < -0.3 is 10.1 Å². The van der Waals surface area contributed by atoms with E-state index in [-0.39, 0.29) is 22.6 Å². The molecule has 0 saturated heterocycles. The Hall–Kier alpha value is -2.36. The number of H-pyrrole nitrogens is 1. The normalized spacial score (nSPS) is 11.1. The number of fused-ring (bicyclic) bond motifs is 1. The van der Waals surface area contributed by atoms with Crippen LogP contribution < -0.4 is 5.56 Å². The van der Waals surface area contributed by atoms with E-state index in [9.17, 15) is 14.7 Å². The molecule has 0 unspecified atom stereocenters. The van der Waals surface area contributed by atoms with Crippen LogP contribution in [0.15, 0.2) is 41.2 Å². The van der Waals surface area contributed by atoms with Gasteiger partial charge in [0.15, 0.2) is 5.78 Å². The van der Waals surface area contributed by atoms with Gasteiger partial charge in [0.2, 0.25) is 5.56 Å². The number of ketones is 1. The smallest absolute Gasteiger partial charge is 0.248 e. The largest absolute Gasteiger partial charge is 0.506 e. The van der Waals surface area contributed by atoms with Crippen molar-refractivity contribution >= 4 is 16.7 Å². The van der Waals surface area contributed by atoms with Crippen LogP contribution >= 0.6 is 0 Å². The van der Waals surface area contributed by atoms with Crippen molar-refractivity contribution < 1.29 is 9.90 Å². The van der Waals surface area contributed by atoms with Crippen molar-refractivity contribution in [1.29, 1.82) is 0 Å². The summed E-state index contributed by atoms with van der Waals surface area (Å²) in [6.07, 6.45) is 3.09. The monoisotopic (exact) mass is 229 g/mol. The SMILES string of the molecule is C/C=C/C(=O)c1ccc(O)c2[nH]c(=O)ccc12. The van der Waals surface area contributed by atoms with Gasteiger partial charge in [0.05, 0.1) is 5.52 Å². The number of carbonyl (C=O) groups excluding carboxylic acids is 1. The maximum atomic E-state index is 11.8. The van der Waals surface area contributed by atoms with E-state index in [1.165, 1.54) is 30.3 Å². The van der Waals surface area contributed by atoms with Gasteiger partial charge in [-0.3, -0.25) is 9.59 Å². The number of phenolic OH excluding ortho intramolecular Hbond substituents is 1. The number of allylic oxidation sites excluding steroid dienone is 2. The third-order valence-corrected chi connectivity index (χ3v) is 2.46. The van der Waals surface area contributed by atoms with E-state index in [1.54, 1.807) is 13.0 Å². The Morgan fingerprint density at radius 1 is 1.29 bits per heavy atom. The summed E-state index contributed by atoms with van der Waals surface area (Å²) in [5.41, 5.74) is 0.420. The molecule has 0 bridgehead atoms. The lowest BCUT2D eigenvalue weighted by molar-refractivity contribution is 0.104. The van der Waals surface area contributed by atoms with Crippen LogP contribution in [-0.2, 0) is 0 Å². The minimum absolute atomic E-state index is 0.0465. The third kappa shape index (κ3) is 1.97. The van der Waals surface area contributed by atoms with Gasteiger partial charge in [0.1, 0.15) is 5.75 Å². The summed E-state index contributed by atoms with van der Waals surface area (Å²) in [5.74, 6) is -0.209. The molecule has 2 aromatic rings. The molecule has 17 heavy (non-hydrogen) atoms. The van der Waals surface area contributed by atoms with Gasteiger partial charge in [-0.15, -0.1) is 0 Å². The van der Waals surface area contributed by atoms with Crippen molar-refractivity contribution in [3.05, 3.63) is 52.3 Å². The number of carbonyl (C=O) groups is 1. The second kappa shape index (κ2) is 4.25. The first-order valence-corrected chi connectivity index (χ1v) is 5.15. The first kappa shape index (κ1) is 11.1. The van der Waals surface area contributed by atoms with Crippen LogP contribution in [0.25, 0.3) is 10.9 Å². The van der Waals surface area contributed by atoms with Crippen molar-refractivity contribution in [2.45, 2.75) is 6.92 Å². The number of phenols is 1. The highest BCUT2D eigenvalue weighted by atomic mass is 16.3. The van der Waals surface area contributed by atoms with Crippen molar-refractivity contribution in [1.82, 2.24) is 4.98 Å². The van der Waals surface area contributed by atoms with E-state index in [4.69, 9.17) is 0 Å². The first-order valence-electron chi connectivity index (χ1n) is 5.15. The number of aromatic nitrogens is 1. The number of benzene rings is 1. The molecule has 0 fully saturated rings. The molecule has 0 amide bonds. The standard InChI is InChI=1S/C13H11NO3/c1-2-3-10(15)8-4-6-11(16)13-9(8)5-7-12(17)14-13/h2-7,16H,1H3,(H,14,17)/b3-2+. The van der Waals surface area contributed by atoms with Crippen molar-refractivity contribution in [2.24, 2.45) is 0 Å². The molecule has 1 aromatic carbocycles. The first-order chi connectivity index (χ1) is 8.13. The second-order valence-corrected chi connectivity index (χ2v) is 3.61. The molecular weight excluding hydrogens is 218 g/mol. The number of hydrogen-bond acceptors (Lipinski definition) is 3. The molecule has 4 nitrogen and oxygen atoms in total. The fourth-order valence-electron chi connectivity index (χ4n) is 1.69. The molecule has 0 aliphatic carbocycles. The van der Waals surface area contributed by atoms with Crippen molar-refractivity contribution in [2.75, 3.05) is 0 Å². The molecule has 86 valence electrons. The van der Waals surface area contributed by atoms with Gasteiger partial charge in [-0.1, -0.05) is 6.08 Å². The highest BCUT2D eigenvalue weighted by molar-refractivity contribution is 6.13. The minimum Gasteiger partial charge on any atom is -0.506 e. The lowest BCUT2D eigenvalue weighted by Gasteiger charge is -2.04. The van der Waals surface area contributed by atoms with E-state index in [0.717, 1.165) is 0 Å². The van der Waals surface area contributed by atoms with Crippen LogP contribution in [0, 0.1) is 0 Å². The van der Waals surface area contributed by atoms with Gasteiger partial charge in [-0.05, 0) is 31.2 Å². The summed E-state index contributed by atoms with van der Waals surface area (Å²) >= 11 is 0. The van der Waals surface area contributed by atoms with Gasteiger partial charge >= 0.3 is 0 Å². The Bertz CT molecular complexity index is 668. The highest BCUT2D eigenvalue weighted by Gasteiger charge is 2.10. The summed E-state index contributed by atoms with van der Waals surface area (Å²) in [6.45, 7) is 1.75. The van der Waals surface area contributed by atoms with Crippen LogP contribution in [-0.4, -0.2) is 15.9 Å². The van der Waals surface area contributed by atoms with E-state index in [2.05, 4.69) is 4.98 Å². The Morgan fingerprint density at radius 2 is 2.06 bits per heavy atom. The fraction of sp³-hybridized carbons (Fsp3) is 0.0769. The quantitative estimate of drug-likeness (QED) is 0.611. The molecule has 1 heterocycles. The predicted molar refractivity (Wildman–Crippen MR) is 65.4 cm³/mol. The molecular formula is C13H11NO3. The maximum absolute atomic E-state index is 11.8. The molecule has 2 rings (SSSR count). The zero-order valence-electron chi connectivity index (χ0n) is 9.23. The molecule has 0 radical (unpaired) electrons. The van der Waals surface area contributed by atoms with Crippen LogP contribution in [0.2, 0.25) is 0 Å². The zero-order chi connectivity index (χ0) is 12.4. The third-order valence-electron chi connectivity index (χ3n) is 2.46. The lowest BCUT2D eigenvalue weighted by atomic mass is 10.0. The highest BCUT2D eigenvalue weighted by Crippen LogP contribution is 2.25. The molecule has 0 saturated carbocycles. The predicted octanol–water partition coefficient (Wildman–Crippen LogP) is 1.99. The number of pyridine rings is 1. The van der Waals surface area contributed by atoms with E-state index in [0.29, 0.717) is 10.9 Å². The molecule has 0 spiro atoms. The number of aromatic amines is 1. The van der Waals surface area contributed by atoms with E-state index < -0.39 is 0 Å². The molecule has 0 aliphatic heterocycles. The second-order valence-electron chi connectivity index (χ2n) is 3.61. The number of nitrogens with one attached hydrogen (secondary N) is 1. The molecule has 0 atom stereocenters. The summed E-state index contributed by atoms with van der Waals surface area (Å²) in [7, 11) is 0. The Morgan fingerprint density at radius 3 is 2.76 bits per heavy atom.